The van der Waals surface area contributed by atoms with Crippen molar-refractivity contribution in [3.05, 3.63) is 59.7 Å². The molecule has 0 fully saturated rings. The van der Waals surface area contributed by atoms with Crippen LogP contribution < -0.4 is 10.6 Å². The zero-order valence-electron chi connectivity index (χ0n) is 20.0. The predicted octanol–water partition coefficient (Wildman–Crippen LogP) is 4.56. The molecule has 3 rings (SSSR count). The van der Waals surface area contributed by atoms with E-state index in [2.05, 4.69) is 34.9 Å². The fourth-order valence-electron chi connectivity index (χ4n) is 4.39. The standard InChI is InChI=1S/C27H34N2O5/c1-17(2)19(14-25(30)29-18(3)12-13-26(31)32)15-28-27(33)34-16-24-22-10-6-4-8-20(22)21-9-5-7-11-23(21)24/h4-11,17-19,24H,12-16H2,1-3H3,(H,28,33)(H,29,30)(H,31,32). The third-order valence-electron chi connectivity index (χ3n) is 6.44. The molecule has 2 aromatic carbocycles. The van der Waals surface area contributed by atoms with Gasteiger partial charge in [0, 0.05) is 31.3 Å². The van der Waals surface area contributed by atoms with Crippen molar-refractivity contribution < 1.29 is 24.2 Å². The normalized spacial score (nSPS) is 14.1. The average Bonchev–Trinajstić information content (AvgIpc) is 3.12. The van der Waals surface area contributed by atoms with Gasteiger partial charge in [0.1, 0.15) is 6.61 Å². The number of rotatable bonds is 11. The van der Waals surface area contributed by atoms with Crippen LogP contribution in [0.1, 0.15) is 57.1 Å². The van der Waals surface area contributed by atoms with Crippen molar-refractivity contribution in [2.45, 2.75) is 52.0 Å². The molecule has 1 aliphatic carbocycles. The molecular weight excluding hydrogens is 432 g/mol. The molecule has 2 amide bonds. The number of hydrogen-bond acceptors (Lipinski definition) is 4. The molecule has 34 heavy (non-hydrogen) atoms. The van der Waals surface area contributed by atoms with Crippen molar-refractivity contribution in [3.63, 3.8) is 0 Å². The fourth-order valence-corrected chi connectivity index (χ4v) is 4.39. The second kappa shape index (κ2) is 11.7. The highest BCUT2D eigenvalue weighted by Gasteiger charge is 2.29. The molecule has 0 heterocycles. The largest absolute Gasteiger partial charge is 0.481 e. The SMILES string of the molecule is CC(CCC(=O)O)NC(=O)CC(CNC(=O)OCC1c2ccccc2-c2ccccc21)C(C)C. The zero-order chi connectivity index (χ0) is 24.7. The van der Waals surface area contributed by atoms with E-state index in [0.29, 0.717) is 13.0 Å². The van der Waals surface area contributed by atoms with Gasteiger partial charge in [-0.3, -0.25) is 9.59 Å². The quantitative estimate of drug-likeness (QED) is 0.450. The van der Waals surface area contributed by atoms with Crippen molar-refractivity contribution in [2.75, 3.05) is 13.2 Å². The summed E-state index contributed by atoms with van der Waals surface area (Å²) in [6, 6.07) is 16.1. The monoisotopic (exact) mass is 466 g/mol. The highest BCUT2D eigenvalue weighted by Crippen LogP contribution is 2.44. The lowest BCUT2D eigenvalue weighted by atomic mass is 9.92. The van der Waals surface area contributed by atoms with Crippen LogP contribution in [0.15, 0.2) is 48.5 Å². The number of alkyl carbamates (subject to hydrolysis) is 1. The number of hydrogen-bond donors (Lipinski definition) is 3. The lowest BCUT2D eigenvalue weighted by molar-refractivity contribution is -0.137. The number of nitrogens with one attached hydrogen (secondary N) is 2. The molecule has 7 nitrogen and oxygen atoms in total. The van der Waals surface area contributed by atoms with Crippen molar-refractivity contribution in [1.82, 2.24) is 10.6 Å². The van der Waals surface area contributed by atoms with E-state index < -0.39 is 12.1 Å². The summed E-state index contributed by atoms with van der Waals surface area (Å²) in [4.78, 5) is 35.6. The van der Waals surface area contributed by atoms with Gasteiger partial charge in [-0.2, -0.15) is 0 Å². The highest BCUT2D eigenvalue weighted by molar-refractivity contribution is 5.79. The maximum absolute atomic E-state index is 12.5. The Morgan fingerprint density at radius 2 is 1.56 bits per heavy atom. The number of amides is 2. The number of carbonyl (C=O) groups excluding carboxylic acids is 2. The second-order valence-electron chi connectivity index (χ2n) is 9.32. The third-order valence-corrected chi connectivity index (χ3v) is 6.44. The third kappa shape index (κ3) is 6.59. The molecule has 2 unspecified atom stereocenters. The number of carboxylic acid groups (broad SMARTS) is 1. The number of carboxylic acids is 1. The first kappa shape index (κ1) is 25.3. The Balaban J connectivity index is 1.50. The summed E-state index contributed by atoms with van der Waals surface area (Å²) >= 11 is 0. The molecule has 0 aromatic heterocycles. The number of ether oxygens (including phenoxy) is 1. The van der Waals surface area contributed by atoms with Crippen LogP contribution in [-0.4, -0.2) is 42.3 Å². The summed E-state index contributed by atoms with van der Waals surface area (Å²) < 4.78 is 5.59. The van der Waals surface area contributed by atoms with Gasteiger partial charge in [-0.15, -0.1) is 0 Å². The number of carbonyl (C=O) groups is 3. The minimum atomic E-state index is -0.881. The van der Waals surface area contributed by atoms with Crippen molar-refractivity contribution >= 4 is 18.0 Å². The topological polar surface area (TPSA) is 105 Å². The fraction of sp³-hybridized carbons (Fsp3) is 0.444. The molecule has 3 N–H and O–H groups in total. The Labute approximate surface area is 200 Å². The van der Waals surface area contributed by atoms with Crippen molar-refractivity contribution in [2.24, 2.45) is 11.8 Å². The highest BCUT2D eigenvalue weighted by atomic mass is 16.5. The maximum Gasteiger partial charge on any atom is 0.407 e. The van der Waals surface area contributed by atoms with E-state index in [9.17, 15) is 14.4 Å². The minimum Gasteiger partial charge on any atom is -0.481 e. The van der Waals surface area contributed by atoms with Crippen molar-refractivity contribution in [1.29, 1.82) is 0 Å². The number of benzene rings is 2. The van der Waals surface area contributed by atoms with Gasteiger partial charge in [0.2, 0.25) is 5.91 Å². The van der Waals surface area contributed by atoms with E-state index >= 15 is 0 Å². The van der Waals surface area contributed by atoms with E-state index in [1.54, 1.807) is 6.92 Å². The summed E-state index contributed by atoms with van der Waals surface area (Å²) in [5.41, 5.74) is 4.67. The predicted molar refractivity (Wildman–Crippen MR) is 130 cm³/mol. The Kier molecular flexibility index (Phi) is 8.68. The van der Waals surface area contributed by atoms with Crippen LogP contribution in [0.4, 0.5) is 4.79 Å². The minimum absolute atomic E-state index is 0.00267. The smallest absolute Gasteiger partial charge is 0.407 e. The molecule has 182 valence electrons. The van der Waals surface area contributed by atoms with Gasteiger partial charge in [-0.1, -0.05) is 62.4 Å². The summed E-state index contributed by atoms with van der Waals surface area (Å²) in [5.74, 6) is -0.919. The Morgan fingerprint density at radius 1 is 0.971 bits per heavy atom. The van der Waals surface area contributed by atoms with Crippen LogP contribution in [-0.2, 0) is 14.3 Å². The van der Waals surface area contributed by atoms with Gasteiger partial charge in [0.15, 0.2) is 0 Å². The molecular formula is C27H34N2O5. The molecule has 0 aliphatic heterocycles. The van der Waals surface area contributed by atoms with Gasteiger partial charge < -0.3 is 20.5 Å². The summed E-state index contributed by atoms with van der Waals surface area (Å²) in [5, 5.41) is 14.4. The van der Waals surface area contributed by atoms with Crippen LogP contribution in [0.2, 0.25) is 0 Å². The van der Waals surface area contributed by atoms with Gasteiger partial charge in [0.25, 0.3) is 0 Å². The first-order valence-electron chi connectivity index (χ1n) is 11.9. The van der Waals surface area contributed by atoms with Crippen molar-refractivity contribution in [3.8, 4) is 11.1 Å². The summed E-state index contributed by atoms with van der Waals surface area (Å²) in [6.45, 7) is 6.37. The van der Waals surface area contributed by atoms with E-state index in [0.717, 1.165) is 11.1 Å². The maximum atomic E-state index is 12.5. The van der Waals surface area contributed by atoms with Crippen LogP contribution in [0, 0.1) is 11.8 Å². The van der Waals surface area contributed by atoms with E-state index in [1.807, 2.05) is 38.1 Å². The first-order valence-corrected chi connectivity index (χ1v) is 11.9. The Morgan fingerprint density at radius 3 is 2.12 bits per heavy atom. The van der Waals surface area contributed by atoms with Crippen LogP contribution in [0.5, 0.6) is 0 Å². The lowest BCUT2D eigenvalue weighted by Gasteiger charge is -2.22. The second-order valence-corrected chi connectivity index (χ2v) is 9.32. The van der Waals surface area contributed by atoms with Gasteiger partial charge in [0.05, 0.1) is 0 Å². The summed E-state index contributed by atoms with van der Waals surface area (Å²) in [6.07, 6.45) is 0.144. The van der Waals surface area contributed by atoms with Crippen LogP contribution >= 0.6 is 0 Å². The molecule has 0 saturated carbocycles. The van der Waals surface area contributed by atoms with E-state index in [1.165, 1.54) is 11.1 Å². The van der Waals surface area contributed by atoms with Gasteiger partial charge in [-0.25, -0.2) is 4.79 Å². The molecule has 7 heteroatoms. The molecule has 1 aliphatic rings. The summed E-state index contributed by atoms with van der Waals surface area (Å²) in [7, 11) is 0. The molecule has 2 aromatic rings. The first-order chi connectivity index (χ1) is 16.3. The van der Waals surface area contributed by atoms with Crippen LogP contribution in [0.25, 0.3) is 11.1 Å². The van der Waals surface area contributed by atoms with E-state index in [-0.39, 0.29) is 49.2 Å². The molecule has 0 spiro atoms. The number of aliphatic carboxylic acids is 1. The molecule has 2 atom stereocenters. The molecule has 0 bridgehead atoms. The zero-order valence-corrected chi connectivity index (χ0v) is 20.0. The average molecular weight is 467 g/mol. The Hall–Kier alpha value is -3.35. The van der Waals surface area contributed by atoms with Gasteiger partial charge in [-0.05, 0) is 47.4 Å². The molecule has 0 radical (unpaired) electrons. The number of fused-ring (bicyclic) bond motifs is 3. The molecule has 0 saturated heterocycles. The Bertz CT molecular complexity index is 974. The lowest BCUT2D eigenvalue weighted by Crippen LogP contribution is -2.38. The van der Waals surface area contributed by atoms with Crippen LogP contribution in [0.3, 0.4) is 0 Å². The van der Waals surface area contributed by atoms with E-state index in [4.69, 9.17) is 9.84 Å². The van der Waals surface area contributed by atoms with Gasteiger partial charge >= 0.3 is 12.1 Å².